The van der Waals surface area contributed by atoms with Gasteiger partial charge < -0.3 is 15.1 Å². The lowest BCUT2D eigenvalue weighted by Gasteiger charge is -2.35. The summed E-state index contributed by atoms with van der Waals surface area (Å²) in [5.41, 5.74) is -0.159. The first-order valence-corrected chi connectivity index (χ1v) is 7.74. The molecule has 8 nitrogen and oxygen atoms in total. The Morgan fingerprint density at radius 1 is 1.17 bits per heavy atom. The minimum absolute atomic E-state index is 0.0891. The van der Waals surface area contributed by atoms with Crippen molar-refractivity contribution in [2.45, 2.75) is 12.5 Å². The number of hydrogen-bond acceptors (Lipinski definition) is 6. The highest BCUT2D eigenvalue weighted by Gasteiger charge is 2.43. The molecule has 24 heavy (non-hydrogen) atoms. The second-order valence-corrected chi connectivity index (χ2v) is 6.13. The lowest BCUT2D eigenvalue weighted by atomic mass is 10.1. The molecular formula is C16H19N3O5. The number of phenols is 1. The van der Waals surface area contributed by atoms with E-state index < -0.39 is 17.8 Å². The highest BCUT2D eigenvalue weighted by molar-refractivity contribution is 6.22. The molecule has 8 heteroatoms. The van der Waals surface area contributed by atoms with Gasteiger partial charge in [-0.05, 0) is 25.2 Å². The third-order valence-corrected chi connectivity index (χ3v) is 4.57. The number of aromatic carboxylic acids is 1. The van der Waals surface area contributed by atoms with E-state index in [2.05, 4.69) is 4.90 Å². The lowest BCUT2D eigenvalue weighted by molar-refractivity contribution is -0.123. The predicted octanol–water partition coefficient (Wildman–Crippen LogP) is -0.0303. The van der Waals surface area contributed by atoms with Gasteiger partial charge in [0.05, 0.1) is 18.2 Å². The average molecular weight is 333 g/mol. The summed E-state index contributed by atoms with van der Waals surface area (Å²) in [5, 5.41) is 18.7. The Balaban J connectivity index is 1.84. The van der Waals surface area contributed by atoms with Gasteiger partial charge in [0.1, 0.15) is 11.3 Å². The van der Waals surface area contributed by atoms with Crippen molar-refractivity contribution in [3.63, 3.8) is 0 Å². The number of carbonyl (C=O) groups excluding carboxylic acids is 2. The average Bonchev–Trinajstić information content (AvgIpc) is 2.83. The van der Waals surface area contributed by atoms with Crippen LogP contribution >= 0.6 is 0 Å². The Hall–Kier alpha value is -2.45. The van der Waals surface area contributed by atoms with Crippen molar-refractivity contribution in [3.8, 4) is 5.75 Å². The van der Waals surface area contributed by atoms with Crippen LogP contribution in [0.2, 0.25) is 0 Å². The zero-order valence-electron chi connectivity index (χ0n) is 13.3. The summed E-state index contributed by atoms with van der Waals surface area (Å²) in [5.74, 6) is -2.41. The maximum atomic E-state index is 12.7. The molecule has 2 heterocycles. The van der Waals surface area contributed by atoms with Gasteiger partial charge in [0, 0.05) is 26.2 Å². The molecule has 0 bridgehead atoms. The Bertz CT molecular complexity index is 697. The maximum Gasteiger partial charge on any atom is 0.339 e. The zero-order valence-corrected chi connectivity index (χ0v) is 13.3. The summed E-state index contributed by atoms with van der Waals surface area (Å²) < 4.78 is 0. The maximum absolute atomic E-state index is 12.7. The minimum Gasteiger partial charge on any atom is -0.507 e. The van der Waals surface area contributed by atoms with Gasteiger partial charge in [-0.2, -0.15) is 0 Å². The number of carboxylic acid groups (broad SMARTS) is 1. The van der Waals surface area contributed by atoms with Crippen LogP contribution in [0.1, 0.15) is 16.8 Å². The molecule has 1 atom stereocenters. The van der Waals surface area contributed by atoms with E-state index in [1.54, 1.807) is 0 Å². The molecule has 3 rings (SSSR count). The molecule has 2 saturated heterocycles. The molecule has 128 valence electrons. The molecule has 0 aromatic heterocycles. The van der Waals surface area contributed by atoms with E-state index in [1.165, 1.54) is 12.1 Å². The number of aromatic hydroxyl groups is 1. The van der Waals surface area contributed by atoms with Gasteiger partial charge in [0.2, 0.25) is 5.91 Å². The number of carboxylic acids is 1. The summed E-state index contributed by atoms with van der Waals surface area (Å²) in [6, 6.07) is 3.21. The van der Waals surface area contributed by atoms with Crippen LogP contribution in [-0.2, 0) is 9.59 Å². The van der Waals surface area contributed by atoms with Gasteiger partial charge in [-0.25, -0.2) is 9.69 Å². The summed E-state index contributed by atoms with van der Waals surface area (Å²) in [4.78, 5) is 41.3. The van der Waals surface area contributed by atoms with Crippen LogP contribution in [0.4, 0.5) is 5.69 Å². The molecule has 2 fully saturated rings. The van der Waals surface area contributed by atoms with Crippen LogP contribution in [0, 0.1) is 0 Å². The van der Waals surface area contributed by atoms with Crippen molar-refractivity contribution in [2.24, 2.45) is 0 Å². The standard InChI is InChI=1S/C16H19N3O5/c1-17-4-6-18(7-5-17)12-9-14(21)19(15(12)22)10-2-3-13(20)11(8-10)16(23)24/h2-3,8,12,20H,4-7,9H2,1H3,(H,23,24). The molecule has 0 radical (unpaired) electrons. The molecule has 1 aromatic rings. The topological polar surface area (TPSA) is 101 Å². The molecule has 2 N–H and O–H groups in total. The summed E-state index contributed by atoms with van der Waals surface area (Å²) in [6.45, 7) is 3.09. The van der Waals surface area contributed by atoms with Gasteiger partial charge >= 0.3 is 5.97 Å². The zero-order chi connectivity index (χ0) is 17.4. The lowest BCUT2D eigenvalue weighted by Crippen LogP contribution is -2.51. The van der Waals surface area contributed by atoms with Gasteiger partial charge in [-0.15, -0.1) is 0 Å². The van der Waals surface area contributed by atoms with E-state index in [1.807, 2.05) is 11.9 Å². The molecule has 1 unspecified atom stereocenters. The summed E-state index contributed by atoms with van der Waals surface area (Å²) in [7, 11) is 2.01. The number of likely N-dealkylation sites (N-methyl/N-ethyl adjacent to an activating group) is 1. The second kappa shape index (κ2) is 6.21. The molecule has 1 aromatic carbocycles. The fourth-order valence-electron chi connectivity index (χ4n) is 3.14. The number of rotatable bonds is 3. The smallest absolute Gasteiger partial charge is 0.339 e. The predicted molar refractivity (Wildman–Crippen MR) is 85.0 cm³/mol. The number of hydrogen-bond donors (Lipinski definition) is 2. The van der Waals surface area contributed by atoms with Gasteiger partial charge in [-0.3, -0.25) is 14.5 Å². The van der Waals surface area contributed by atoms with Crippen molar-refractivity contribution >= 4 is 23.5 Å². The van der Waals surface area contributed by atoms with Crippen molar-refractivity contribution in [1.82, 2.24) is 9.80 Å². The van der Waals surface area contributed by atoms with Gasteiger partial charge in [0.25, 0.3) is 5.91 Å². The van der Waals surface area contributed by atoms with E-state index in [9.17, 15) is 19.5 Å². The molecule has 2 aliphatic rings. The Kier molecular flexibility index (Phi) is 4.25. The summed E-state index contributed by atoms with van der Waals surface area (Å²) >= 11 is 0. The van der Waals surface area contributed by atoms with Crippen molar-refractivity contribution in [1.29, 1.82) is 0 Å². The Morgan fingerprint density at radius 2 is 1.83 bits per heavy atom. The van der Waals surface area contributed by atoms with Crippen LogP contribution in [0.3, 0.4) is 0 Å². The highest BCUT2D eigenvalue weighted by Crippen LogP contribution is 2.29. The van der Waals surface area contributed by atoms with Crippen molar-refractivity contribution < 1.29 is 24.6 Å². The largest absolute Gasteiger partial charge is 0.507 e. The highest BCUT2D eigenvalue weighted by atomic mass is 16.4. The van der Waals surface area contributed by atoms with Crippen molar-refractivity contribution in [3.05, 3.63) is 23.8 Å². The van der Waals surface area contributed by atoms with Crippen LogP contribution in [0.5, 0.6) is 5.75 Å². The molecule has 0 spiro atoms. The van der Waals surface area contributed by atoms with Crippen LogP contribution < -0.4 is 4.90 Å². The SMILES string of the molecule is CN1CCN(C2CC(=O)N(c3ccc(O)c(C(=O)O)c3)C2=O)CC1. The number of amides is 2. The Morgan fingerprint density at radius 3 is 2.46 bits per heavy atom. The first-order chi connectivity index (χ1) is 11.4. The normalized spacial score (nSPS) is 23.0. The number of carbonyl (C=O) groups is 3. The van der Waals surface area contributed by atoms with E-state index >= 15 is 0 Å². The fraction of sp³-hybridized carbons (Fsp3) is 0.438. The fourth-order valence-corrected chi connectivity index (χ4v) is 3.14. The van der Waals surface area contributed by atoms with Gasteiger partial charge in [-0.1, -0.05) is 0 Å². The molecule has 0 saturated carbocycles. The van der Waals surface area contributed by atoms with Crippen LogP contribution in [-0.4, -0.2) is 77.1 Å². The Labute approximate surface area is 138 Å². The first kappa shape index (κ1) is 16.4. The molecular weight excluding hydrogens is 314 g/mol. The van der Waals surface area contributed by atoms with Crippen LogP contribution in [0.25, 0.3) is 0 Å². The summed E-state index contributed by atoms with van der Waals surface area (Å²) in [6.07, 6.45) is 0.0891. The molecule has 0 aliphatic carbocycles. The quantitative estimate of drug-likeness (QED) is 0.749. The van der Waals surface area contributed by atoms with E-state index in [0.29, 0.717) is 13.1 Å². The van der Waals surface area contributed by atoms with Crippen molar-refractivity contribution in [2.75, 3.05) is 38.1 Å². The first-order valence-electron chi connectivity index (χ1n) is 7.74. The number of piperazine rings is 1. The number of nitrogens with zero attached hydrogens (tertiary/aromatic N) is 3. The van der Waals surface area contributed by atoms with E-state index in [-0.39, 0.29) is 29.5 Å². The number of benzene rings is 1. The van der Waals surface area contributed by atoms with E-state index in [0.717, 1.165) is 24.1 Å². The third kappa shape index (κ3) is 2.85. The van der Waals surface area contributed by atoms with Crippen LogP contribution in [0.15, 0.2) is 18.2 Å². The van der Waals surface area contributed by atoms with Gasteiger partial charge in [0.15, 0.2) is 0 Å². The number of anilines is 1. The molecule has 2 amide bonds. The molecule has 2 aliphatic heterocycles. The second-order valence-electron chi connectivity index (χ2n) is 6.13. The minimum atomic E-state index is -1.32. The number of imide groups is 1. The monoisotopic (exact) mass is 333 g/mol. The van der Waals surface area contributed by atoms with E-state index in [4.69, 9.17) is 5.11 Å². The third-order valence-electron chi connectivity index (χ3n) is 4.57.